The van der Waals surface area contributed by atoms with Gasteiger partial charge in [0.15, 0.2) is 0 Å². The fourth-order valence-corrected chi connectivity index (χ4v) is 3.10. The van der Waals surface area contributed by atoms with Crippen LogP contribution < -0.4 is 10.1 Å². The Kier molecular flexibility index (Phi) is 5.03. The van der Waals surface area contributed by atoms with Gasteiger partial charge in [0.1, 0.15) is 16.8 Å². The Hall–Kier alpha value is -3.98. The number of nitrogens with one attached hydrogen (secondary N) is 1. The molecule has 0 unspecified atom stereocenters. The monoisotopic (exact) mass is 423 g/mol. The number of nitro benzene ring substituents is 1. The van der Waals surface area contributed by atoms with Crippen molar-refractivity contribution in [2.45, 2.75) is 0 Å². The number of ether oxygens (including phenoxy) is 1. The van der Waals surface area contributed by atoms with Gasteiger partial charge < -0.3 is 10.1 Å². The quantitative estimate of drug-likeness (QED) is 0.379. The van der Waals surface area contributed by atoms with E-state index in [4.69, 9.17) is 16.3 Å². The highest BCUT2D eigenvalue weighted by Gasteiger charge is 2.13. The number of carbonyl (C=O) groups excluding carboxylic acids is 1. The van der Waals surface area contributed by atoms with Crippen LogP contribution in [0.25, 0.3) is 16.7 Å². The molecule has 1 N–H and O–H groups in total. The van der Waals surface area contributed by atoms with Gasteiger partial charge in [0.2, 0.25) is 0 Å². The molecule has 0 aliphatic carbocycles. The molecule has 4 aromatic rings. The van der Waals surface area contributed by atoms with Crippen LogP contribution in [0.15, 0.2) is 60.7 Å². The number of hydrogen-bond donors (Lipinski definition) is 1. The summed E-state index contributed by atoms with van der Waals surface area (Å²) in [5, 5.41) is 22.9. The van der Waals surface area contributed by atoms with Crippen molar-refractivity contribution in [2.75, 3.05) is 12.4 Å². The maximum absolute atomic E-state index is 12.4. The van der Waals surface area contributed by atoms with Crippen LogP contribution in [0.3, 0.4) is 0 Å². The van der Waals surface area contributed by atoms with Gasteiger partial charge >= 0.3 is 0 Å². The zero-order chi connectivity index (χ0) is 21.3. The number of nitro groups is 1. The van der Waals surface area contributed by atoms with Crippen molar-refractivity contribution in [1.82, 2.24) is 15.0 Å². The van der Waals surface area contributed by atoms with Gasteiger partial charge in [-0.05, 0) is 42.5 Å². The summed E-state index contributed by atoms with van der Waals surface area (Å²) in [5.41, 5.74) is 2.34. The van der Waals surface area contributed by atoms with E-state index in [-0.39, 0.29) is 11.3 Å². The van der Waals surface area contributed by atoms with Crippen molar-refractivity contribution in [3.8, 4) is 11.4 Å². The molecule has 3 aromatic carbocycles. The number of methoxy groups -OCH3 is 1. The first-order valence-electron chi connectivity index (χ1n) is 8.71. The van der Waals surface area contributed by atoms with E-state index in [1.807, 2.05) is 0 Å². The molecule has 1 amide bonds. The number of halogens is 1. The van der Waals surface area contributed by atoms with E-state index in [1.54, 1.807) is 36.4 Å². The Labute approximate surface area is 175 Å². The lowest BCUT2D eigenvalue weighted by atomic mass is 10.2. The third-order valence-corrected chi connectivity index (χ3v) is 4.62. The third kappa shape index (κ3) is 3.78. The van der Waals surface area contributed by atoms with E-state index < -0.39 is 10.8 Å². The van der Waals surface area contributed by atoms with Crippen molar-refractivity contribution in [1.29, 1.82) is 0 Å². The van der Waals surface area contributed by atoms with E-state index in [0.29, 0.717) is 33.2 Å². The predicted octanol–water partition coefficient (Wildman–Crippen LogP) is 4.24. The molecule has 1 aromatic heterocycles. The molecular formula is C20H14ClN5O4. The average Bonchev–Trinajstić information content (AvgIpc) is 3.17. The van der Waals surface area contributed by atoms with Gasteiger partial charge in [-0.3, -0.25) is 14.9 Å². The Balaban J connectivity index is 1.59. The van der Waals surface area contributed by atoms with Crippen molar-refractivity contribution in [3.05, 3.63) is 81.4 Å². The van der Waals surface area contributed by atoms with Crippen LogP contribution in [-0.4, -0.2) is 32.9 Å². The summed E-state index contributed by atoms with van der Waals surface area (Å²) in [6.45, 7) is 0. The number of nitrogens with zero attached hydrogens (tertiary/aromatic N) is 4. The van der Waals surface area contributed by atoms with Crippen LogP contribution in [0.5, 0.6) is 5.75 Å². The summed E-state index contributed by atoms with van der Waals surface area (Å²) in [6.07, 6.45) is 0. The number of aromatic nitrogens is 3. The molecule has 10 heteroatoms. The van der Waals surface area contributed by atoms with Gasteiger partial charge in [-0.1, -0.05) is 17.7 Å². The maximum atomic E-state index is 12.4. The van der Waals surface area contributed by atoms with Crippen molar-refractivity contribution in [2.24, 2.45) is 0 Å². The number of benzene rings is 3. The van der Waals surface area contributed by atoms with Crippen LogP contribution in [0.4, 0.5) is 11.4 Å². The van der Waals surface area contributed by atoms with Gasteiger partial charge in [0.05, 0.1) is 22.7 Å². The summed E-state index contributed by atoms with van der Waals surface area (Å²) >= 11 is 6.17. The highest BCUT2D eigenvalue weighted by molar-refractivity contribution is 6.32. The molecule has 0 saturated heterocycles. The van der Waals surface area contributed by atoms with Crippen LogP contribution in [0, 0.1) is 10.1 Å². The summed E-state index contributed by atoms with van der Waals surface area (Å²) < 4.78 is 5.14. The molecule has 0 spiro atoms. The summed E-state index contributed by atoms with van der Waals surface area (Å²) in [5.74, 6) is 0.0793. The van der Waals surface area contributed by atoms with Gasteiger partial charge in [-0.2, -0.15) is 4.80 Å². The first kappa shape index (κ1) is 19.3. The summed E-state index contributed by atoms with van der Waals surface area (Å²) in [4.78, 5) is 24.2. The first-order valence-corrected chi connectivity index (χ1v) is 9.09. The van der Waals surface area contributed by atoms with Gasteiger partial charge in [0.25, 0.3) is 11.6 Å². The zero-order valence-electron chi connectivity index (χ0n) is 15.6. The molecule has 1 heterocycles. The Morgan fingerprint density at radius 1 is 1.10 bits per heavy atom. The SMILES string of the molecule is COc1ccc(-n2nc3ccc(NC(=O)c4cccc([N+](=O)[O-])c4)cc3n2)cc1Cl. The second-order valence-corrected chi connectivity index (χ2v) is 6.68. The fourth-order valence-electron chi connectivity index (χ4n) is 2.85. The smallest absolute Gasteiger partial charge is 0.270 e. The minimum absolute atomic E-state index is 0.154. The number of amides is 1. The molecule has 0 atom stereocenters. The van der Waals surface area contributed by atoms with Crippen LogP contribution in [-0.2, 0) is 0 Å². The second-order valence-electron chi connectivity index (χ2n) is 6.27. The zero-order valence-corrected chi connectivity index (χ0v) is 16.3. The average molecular weight is 424 g/mol. The minimum Gasteiger partial charge on any atom is -0.495 e. The number of hydrogen-bond acceptors (Lipinski definition) is 6. The molecule has 0 bridgehead atoms. The lowest BCUT2D eigenvalue weighted by Crippen LogP contribution is -2.12. The highest BCUT2D eigenvalue weighted by atomic mass is 35.5. The van der Waals surface area contributed by atoms with Crippen LogP contribution in [0.2, 0.25) is 5.02 Å². The molecule has 4 rings (SSSR count). The number of fused-ring (bicyclic) bond motifs is 1. The van der Waals surface area contributed by atoms with Gasteiger partial charge in [0, 0.05) is 23.4 Å². The Morgan fingerprint density at radius 2 is 1.90 bits per heavy atom. The molecule has 0 aliphatic rings. The Morgan fingerprint density at radius 3 is 2.63 bits per heavy atom. The molecule has 150 valence electrons. The Bertz CT molecular complexity index is 1290. The van der Waals surface area contributed by atoms with Crippen LogP contribution in [0.1, 0.15) is 10.4 Å². The van der Waals surface area contributed by atoms with E-state index in [1.165, 1.54) is 36.2 Å². The van der Waals surface area contributed by atoms with Crippen molar-refractivity contribution in [3.63, 3.8) is 0 Å². The first-order chi connectivity index (χ1) is 14.4. The number of anilines is 1. The third-order valence-electron chi connectivity index (χ3n) is 4.32. The number of carbonyl (C=O) groups is 1. The van der Waals surface area contributed by atoms with E-state index >= 15 is 0 Å². The normalized spacial score (nSPS) is 10.7. The maximum Gasteiger partial charge on any atom is 0.270 e. The molecule has 9 nitrogen and oxygen atoms in total. The molecule has 0 saturated carbocycles. The molecular weight excluding hydrogens is 410 g/mol. The van der Waals surface area contributed by atoms with Crippen molar-refractivity contribution < 1.29 is 14.5 Å². The summed E-state index contributed by atoms with van der Waals surface area (Å²) in [7, 11) is 1.53. The fraction of sp³-hybridized carbons (Fsp3) is 0.0500. The minimum atomic E-state index is -0.549. The standard InChI is InChI=1S/C20H14ClN5O4/c1-30-19-8-6-14(11-16(19)21)25-23-17-7-5-13(10-18(17)24-25)22-20(27)12-3-2-4-15(9-12)26(28)29/h2-11H,1H3,(H,22,27). The van der Waals surface area contributed by atoms with E-state index in [2.05, 4.69) is 15.5 Å². The second kappa shape index (κ2) is 7.80. The van der Waals surface area contributed by atoms with E-state index in [9.17, 15) is 14.9 Å². The highest BCUT2D eigenvalue weighted by Crippen LogP contribution is 2.27. The van der Waals surface area contributed by atoms with E-state index in [0.717, 1.165) is 0 Å². The molecule has 30 heavy (non-hydrogen) atoms. The topological polar surface area (TPSA) is 112 Å². The lowest BCUT2D eigenvalue weighted by molar-refractivity contribution is -0.384. The molecule has 0 radical (unpaired) electrons. The predicted molar refractivity (Wildman–Crippen MR) is 111 cm³/mol. The lowest BCUT2D eigenvalue weighted by Gasteiger charge is -2.05. The van der Waals surface area contributed by atoms with Gasteiger partial charge in [-0.15, -0.1) is 10.2 Å². The molecule has 0 aliphatic heterocycles. The van der Waals surface area contributed by atoms with Crippen LogP contribution >= 0.6 is 11.6 Å². The number of non-ortho nitro benzene ring substituents is 1. The van der Waals surface area contributed by atoms with Gasteiger partial charge in [-0.25, -0.2) is 0 Å². The summed E-state index contributed by atoms with van der Waals surface area (Å²) in [6, 6.07) is 15.7. The number of rotatable bonds is 5. The largest absolute Gasteiger partial charge is 0.495 e. The van der Waals surface area contributed by atoms with Crippen molar-refractivity contribution >= 4 is 39.9 Å². The molecule has 0 fully saturated rings.